The number of carbonyl (C=O) groups excluding carboxylic acids is 1. The standard InChI is InChI=1S/C14H15F3N4OS/c1-8-6-12(19-13(22)9(2)23-3)21(20-8)11-5-4-10(7-18-11)14(15,16)17/h4-7,9H,1-3H3,(H,19,22). The van der Waals surface area contributed by atoms with Crippen LogP contribution in [0.3, 0.4) is 0 Å². The average Bonchev–Trinajstić information content (AvgIpc) is 2.86. The number of anilines is 1. The quantitative estimate of drug-likeness (QED) is 0.925. The van der Waals surface area contributed by atoms with Crippen molar-refractivity contribution >= 4 is 23.5 Å². The van der Waals surface area contributed by atoms with E-state index in [1.165, 1.54) is 22.5 Å². The number of nitrogens with one attached hydrogen (secondary N) is 1. The summed E-state index contributed by atoms with van der Waals surface area (Å²) in [7, 11) is 0. The van der Waals surface area contributed by atoms with Crippen LogP contribution in [0.25, 0.3) is 5.82 Å². The molecular formula is C14H15F3N4OS. The molecule has 2 aromatic heterocycles. The van der Waals surface area contributed by atoms with Crippen LogP contribution < -0.4 is 5.32 Å². The number of amides is 1. The number of hydrogen-bond acceptors (Lipinski definition) is 4. The topological polar surface area (TPSA) is 59.8 Å². The Morgan fingerprint density at radius 2 is 2.09 bits per heavy atom. The average molecular weight is 344 g/mol. The number of rotatable bonds is 4. The molecule has 1 unspecified atom stereocenters. The zero-order valence-corrected chi connectivity index (χ0v) is 13.5. The van der Waals surface area contributed by atoms with E-state index in [0.717, 1.165) is 12.3 Å². The van der Waals surface area contributed by atoms with Crippen LogP contribution in [-0.2, 0) is 11.0 Å². The van der Waals surface area contributed by atoms with Gasteiger partial charge in [-0.25, -0.2) is 4.98 Å². The third-order valence-corrected chi connectivity index (χ3v) is 4.02. The first-order valence-electron chi connectivity index (χ1n) is 6.66. The highest BCUT2D eigenvalue weighted by Gasteiger charge is 2.30. The van der Waals surface area contributed by atoms with Crippen LogP contribution in [0.2, 0.25) is 0 Å². The predicted octanol–water partition coefficient (Wildman–Crippen LogP) is 3.28. The van der Waals surface area contributed by atoms with E-state index in [4.69, 9.17) is 0 Å². The molecule has 0 bridgehead atoms. The van der Waals surface area contributed by atoms with Crippen molar-refractivity contribution in [2.24, 2.45) is 0 Å². The normalized spacial score (nSPS) is 13.0. The van der Waals surface area contributed by atoms with Crippen LogP contribution in [-0.4, -0.2) is 32.2 Å². The molecule has 0 saturated carbocycles. The van der Waals surface area contributed by atoms with Gasteiger partial charge in [0, 0.05) is 12.3 Å². The maximum Gasteiger partial charge on any atom is 0.417 e. The lowest BCUT2D eigenvalue weighted by Crippen LogP contribution is -2.23. The molecule has 0 aliphatic carbocycles. The van der Waals surface area contributed by atoms with E-state index in [2.05, 4.69) is 15.4 Å². The smallest absolute Gasteiger partial charge is 0.310 e. The molecule has 9 heteroatoms. The summed E-state index contributed by atoms with van der Waals surface area (Å²) in [4.78, 5) is 15.8. The molecule has 1 amide bonds. The fourth-order valence-electron chi connectivity index (χ4n) is 1.78. The van der Waals surface area contributed by atoms with Gasteiger partial charge >= 0.3 is 6.18 Å². The second-order valence-electron chi connectivity index (χ2n) is 4.85. The minimum atomic E-state index is -4.45. The summed E-state index contributed by atoms with van der Waals surface area (Å²) in [6.07, 6.45) is -1.90. The van der Waals surface area contributed by atoms with Crippen LogP contribution in [0.4, 0.5) is 19.0 Å². The monoisotopic (exact) mass is 344 g/mol. The summed E-state index contributed by atoms with van der Waals surface area (Å²) in [6, 6.07) is 3.77. The molecule has 0 spiro atoms. The molecule has 0 saturated heterocycles. The Morgan fingerprint density at radius 1 is 1.39 bits per heavy atom. The third kappa shape index (κ3) is 4.04. The lowest BCUT2D eigenvalue weighted by Gasteiger charge is -2.12. The van der Waals surface area contributed by atoms with Crippen molar-refractivity contribution in [2.75, 3.05) is 11.6 Å². The second-order valence-corrected chi connectivity index (χ2v) is 6.03. The first kappa shape index (κ1) is 17.3. The Kier molecular flexibility index (Phi) is 4.98. The summed E-state index contributed by atoms with van der Waals surface area (Å²) in [5.41, 5.74) is -0.231. The minimum absolute atomic E-state index is 0.193. The molecule has 1 atom stereocenters. The van der Waals surface area contributed by atoms with Crippen LogP contribution in [0, 0.1) is 6.92 Å². The van der Waals surface area contributed by atoms with Crippen molar-refractivity contribution in [2.45, 2.75) is 25.3 Å². The zero-order valence-electron chi connectivity index (χ0n) is 12.7. The third-order valence-electron chi connectivity index (χ3n) is 3.10. The van der Waals surface area contributed by atoms with E-state index in [9.17, 15) is 18.0 Å². The Morgan fingerprint density at radius 3 is 2.61 bits per heavy atom. The molecule has 5 nitrogen and oxygen atoms in total. The van der Waals surface area contributed by atoms with Gasteiger partial charge in [0.1, 0.15) is 5.82 Å². The first-order valence-corrected chi connectivity index (χ1v) is 7.95. The highest BCUT2D eigenvalue weighted by molar-refractivity contribution is 7.99. The van der Waals surface area contributed by atoms with Crippen molar-refractivity contribution in [3.05, 3.63) is 35.7 Å². The van der Waals surface area contributed by atoms with E-state index in [1.807, 2.05) is 6.26 Å². The number of carbonyl (C=O) groups is 1. The molecule has 0 radical (unpaired) electrons. The molecule has 0 fully saturated rings. The van der Waals surface area contributed by atoms with E-state index in [1.54, 1.807) is 19.9 Å². The van der Waals surface area contributed by atoms with Gasteiger partial charge in [-0.1, -0.05) is 0 Å². The molecule has 2 aromatic rings. The molecule has 2 rings (SSSR count). The van der Waals surface area contributed by atoms with Gasteiger partial charge in [-0.05, 0) is 32.2 Å². The van der Waals surface area contributed by atoms with Gasteiger partial charge in [0.2, 0.25) is 5.91 Å². The molecule has 124 valence electrons. The van der Waals surface area contributed by atoms with E-state index in [-0.39, 0.29) is 17.0 Å². The fourth-order valence-corrected chi connectivity index (χ4v) is 2.05. The summed E-state index contributed by atoms with van der Waals surface area (Å²) in [5, 5.41) is 6.60. The van der Waals surface area contributed by atoms with Gasteiger partial charge in [0.15, 0.2) is 5.82 Å². The molecule has 0 aliphatic rings. The SMILES string of the molecule is CSC(C)C(=O)Nc1cc(C)nn1-c1ccc(C(F)(F)F)cn1. The van der Waals surface area contributed by atoms with Crippen molar-refractivity contribution in [3.63, 3.8) is 0 Å². The van der Waals surface area contributed by atoms with Crippen LogP contribution in [0.15, 0.2) is 24.4 Å². The maximum atomic E-state index is 12.6. The number of alkyl halides is 3. The minimum Gasteiger partial charge on any atom is -0.310 e. The lowest BCUT2D eigenvalue weighted by molar-refractivity contribution is -0.137. The van der Waals surface area contributed by atoms with Gasteiger partial charge in [0.05, 0.1) is 16.5 Å². The number of hydrogen-bond donors (Lipinski definition) is 1. The molecular weight excluding hydrogens is 329 g/mol. The number of aryl methyl sites for hydroxylation is 1. The largest absolute Gasteiger partial charge is 0.417 e. The first-order chi connectivity index (χ1) is 10.7. The molecule has 0 aliphatic heterocycles. The molecule has 1 N–H and O–H groups in total. The number of halogens is 3. The molecule has 2 heterocycles. The molecule has 0 aromatic carbocycles. The predicted molar refractivity (Wildman–Crippen MR) is 82.7 cm³/mol. The van der Waals surface area contributed by atoms with Crippen molar-refractivity contribution < 1.29 is 18.0 Å². The number of pyridine rings is 1. The summed E-state index contributed by atoms with van der Waals surface area (Å²) in [6.45, 7) is 3.47. The second kappa shape index (κ2) is 6.61. The number of aromatic nitrogens is 3. The van der Waals surface area contributed by atoms with Gasteiger partial charge in [0.25, 0.3) is 0 Å². The highest BCUT2D eigenvalue weighted by Crippen LogP contribution is 2.29. The van der Waals surface area contributed by atoms with Gasteiger partial charge in [-0.15, -0.1) is 0 Å². The van der Waals surface area contributed by atoms with Gasteiger partial charge < -0.3 is 5.32 Å². The van der Waals surface area contributed by atoms with E-state index in [0.29, 0.717) is 11.5 Å². The van der Waals surface area contributed by atoms with Gasteiger partial charge in [-0.2, -0.15) is 34.7 Å². The van der Waals surface area contributed by atoms with E-state index < -0.39 is 11.7 Å². The lowest BCUT2D eigenvalue weighted by atomic mass is 10.3. The van der Waals surface area contributed by atoms with Gasteiger partial charge in [-0.3, -0.25) is 4.79 Å². The Balaban J connectivity index is 2.31. The zero-order chi connectivity index (χ0) is 17.2. The molecule has 23 heavy (non-hydrogen) atoms. The van der Waals surface area contributed by atoms with Crippen molar-refractivity contribution in [3.8, 4) is 5.82 Å². The number of nitrogens with zero attached hydrogens (tertiary/aromatic N) is 3. The fraction of sp³-hybridized carbons (Fsp3) is 0.357. The van der Waals surface area contributed by atoms with Crippen LogP contribution in [0.5, 0.6) is 0 Å². The van der Waals surface area contributed by atoms with Crippen molar-refractivity contribution in [1.82, 2.24) is 14.8 Å². The van der Waals surface area contributed by atoms with Crippen molar-refractivity contribution in [1.29, 1.82) is 0 Å². The van der Waals surface area contributed by atoms with Crippen LogP contribution in [0.1, 0.15) is 18.2 Å². The van der Waals surface area contributed by atoms with Crippen LogP contribution >= 0.6 is 11.8 Å². The summed E-state index contributed by atoms with van der Waals surface area (Å²) >= 11 is 1.38. The Hall–Kier alpha value is -2.03. The number of thioether (sulfide) groups is 1. The maximum absolute atomic E-state index is 12.6. The highest BCUT2D eigenvalue weighted by atomic mass is 32.2. The Labute approximate surface area is 135 Å². The Bertz CT molecular complexity index is 697. The van der Waals surface area contributed by atoms with E-state index >= 15 is 0 Å². The summed E-state index contributed by atoms with van der Waals surface area (Å²) in [5.74, 6) is 0.337. The summed E-state index contributed by atoms with van der Waals surface area (Å²) < 4.78 is 39.1.